The van der Waals surface area contributed by atoms with Crippen molar-refractivity contribution >= 4 is 11.8 Å². The number of aliphatic hydroxyl groups is 4. The number of ketones is 1. The Morgan fingerprint density at radius 2 is 1.67 bits per heavy atom. The van der Waals surface area contributed by atoms with Crippen LogP contribution in [0.15, 0.2) is 30.5 Å². The molecule has 4 aliphatic rings. The van der Waals surface area contributed by atoms with Crippen LogP contribution in [0.3, 0.4) is 0 Å². The Labute approximate surface area is 388 Å². The molecule has 17 nitrogen and oxygen atoms in total. The molecule has 0 amide bonds. The molecule has 1 aromatic carbocycles. The van der Waals surface area contributed by atoms with Gasteiger partial charge in [-0.3, -0.25) is 9.59 Å². The monoisotopic (exact) mass is 935 g/mol. The van der Waals surface area contributed by atoms with Gasteiger partial charge in [-0.05, 0) is 105 Å². The van der Waals surface area contributed by atoms with Gasteiger partial charge in [-0.2, -0.15) is 0 Å². The summed E-state index contributed by atoms with van der Waals surface area (Å²) < 4.78 is 59.9. The number of carbonyl (C=O) groups is 2. The molecule has 4 N–H and O–H groups in total. The maximum Gasteiger partial charge on any atom is 0.311 e. The lowest BCUT2D eigenvalue weighted by Crippen LogP contribution is -2.61. The van der Waals surface area contributed by atoms with Gasteiger partial charge in [0.25, 0.3) is 0 Å². The molecule has 6 rings (SSSR count). The summed E-state index contributed by atoms with van der Waals surface area (Å²) in [7, 11) is 3.45. The van der Waals surface area contributed by atoms with Crippen LogP contribution in [0.25, 0.3) is 0 Å². The van der Waals surface area contributed by atoms with Crippen LogP contribution in [-0.2, 0) is 55.7 Å². The highest BCUT2D eigenvalue weighted by Crippen LogP contribution is 2.44. The van der Waals surface area contributed by atoms with Crippen molar-refractivity contribution in [3.63, 3.8) is 0 Å². The number of esters is 1. The fraction of sp³-hybridized carbons (Fsp3) is 0.792. The molecule has 18 atom stereocenters. The standard InChI is InChI=1S/C48H75FN4O13/c1-12-36-48(9,59)41(56)27(3)38(54)32-21-47(8,61-25-32)43(28(4)40(29(5)44(58)64-36)65-37-22-46(7,60-11)42(57)30(6)63-37)66-45-39(55)35(20-26(2)62-45)52(10)19-13-14-34-24-53(51-50-34)23-31-15-17-33(49)18-16-31/h15-18,24,26-30,32,35-37,39-43,45,55-57,59H,12-14,19-23,25H2,1-11H3/t26-,27+,28+,29-,30+,32+,35+,36-,37+,39-,40+,41-,42+,43-,45+,46-,47-,48-/m1/s1. The number of aliphatic hydroxyl groups excluding tert-OH is 3. The van der Waals surface area contributed by atoms with E-state index < -0.39 is 102 Å². The van der Waals surface area contributed by atoms with Crippen LogP contribution in [0.2, 0.25) is 0 Å². The molecule has 372 valence electrons. The van der Waals surface area contributed by atoms with Crippen LogP contribution in [0.1, 0.15) is 106 Å². The molecule has 2 aromatic rings. The van der Waals surface area contributed by atoms with E-state index in [9.17, 15) is 34.4 Å². The van der Waals surface area contributed by atoms with E-state index in [-0.39, 0.29) is 49.6 Å². The van der Waals surface area contributed by atoms with E-state index in [0.29, 0.717) is 32.4 Å². The Bertz CT molecular complexity index is 1920. The van der Waals surface area contributed by atoms with Crippen LogP contribution in [0.5, 0.6) is 0 Å². The molecule has 18 heteroatoms. The summed E-state index contributed by atoms with van der Waals surface area (Å²) in [6.45, 7) is 16.4. The van der Waals surface area contributed by atoms with E-state index in [0.717, 1.165) is 11.3 Å². The highest BCUT2D eigenvalue weighted by Gasteiger charge is 2.56. The minimum absolute atomic E-state index is 0.00198. The van der Waals surface area contributed by atoms with Gasteiger partial charge in [0.15, 0.2) is 12.6 Å². The highest BCUT2D eigenvalue weighted by atomic mass is 19.1. The Hall–Kier alpha value is -3.01. The molecule has 0 aliphatic carbocycles. The summed E-state index contributed by atoms with van der Waals surface area (Å²) in [5.41, 5.74) is -2.54. The average Bonchev–Trinajstić information content (AvgIpc) is 3.91. The summed E-state index contributed by atoms with van der Waals surface area (Å²) in [4.78, 5) is 30.6. The molecular formula is C48H75FN4O13. The van der Waals surface area contributed by atoms with Crippen molar-refractivity contribution in [1.82, 2.24) is 19.9 Å². The SMILES string of the molecule is CC[C@H]1OC(=O)[C@H](C)[C@@H](O[C@H]2C[C@@](C)(OC)[C@@H](O)[C@H](C)O2)[C@H](C)[C@@H](O[C@@H]2O[C@H](C)C[C@H](N(C)CCCc3cn(Cc4ccc(F)cc4)nn3)[C@H]2O)[C@@]2(C)C[C@@H](CO2)C(=O)[C@H](C)[C@@H](O)[C@]1(C)O. The molecule has 0 spiro atoms. The van der Waals surface area contributed by atoms with Crippen LogP contribution in [0.4, 0.5) is 4.39 Å². The number of halogens is 1. The maximum absolute atomic E-state index is 14.4. The minimum Gasteiger partial charge on any atom is -0.459 e. The van der Waals surface area contributed by atoms with Gasteiger partial charge in [-0.1, -0.05) is 38.1 Å². The molecule has 0 saturated carbocycles. The summed E-state index contributed by atoms with van der Waals surface area (Å²) >= 11 is 0. The topological polar surface area (TPSA) is 214 Å². The Kier molecular flexibility index (Phi) is 16.9. The van der Waals surface area contributed by atoms with E-state index in [2.05, 4.69) is 15.2 Å². The first-order valence-electron chi connectivity index (χ1n) is 23.7. The summed E-state index contributed by atoms with van der Waals surface area (Å²) in [6, 6.07) is 5.88. The predicted molar refractivity (Wildman–Crippen MR) is 237 cm³/mol. The summed E-state index contributed by atoms with van der Waals surface area (Å²) in [5.74, 6) is -4.85. The number of likely N-dealkylation sites (N-methyl/N-ethyl adjacent to an activating group) is 1. The molecule has 0 unspecified atom stereocenters. The number of ether oxygens (including phenoxy) is 7. The number of fused-ring (bicyclic) bond motifs is 2. The minimum atomic E-state index is -1.99. The average molecular weight is 935 g/mol. The molecule has 1 aromatic heterocycles. The van der Waals surface area contributed by atoms with Gasteiger partial charge in [0.1, 0.15) is 35.5 Å². The van der Waals surface area contributed by atoms with Gasteiger partial charge in [0.05, 0.1) is 66.5 Å². The van der Waals surface area contributed by atoms with E-state index in [1.54, 1.807) is 51.4 Å². The lowest BCUT2D eigenvalue weighted by atomic mass is 9.75. The van der Waals surface area contributed by atoms with Gasteiger partial charge < -0.3 is 58.5 Å². The molecular weight excluding hydrogens is 860 g/mol. The second-order valence-electron chi connectivity index (χ2n) is 20.2. The molecule has 4 saturated heterocycles. The fourth-order valence-electron chi connectivity index (χ4n) is 10.7. The zero-order valence-corrected chi connectivity index (χ0v) is 40.5. The van der Waals surface area contributed by atoms with Crippen molar-refractivity contribution in [3.05, 3.63) is 47.5 Å². The summed E-state index contributed by atoms with van der Waals surface area (Å²) in [6.07, 6.45) is -5.93. The number of rotatable bonds is 13. The van der Waals surface area contributed by atoms with Crippen LogP contribution in [0, 0.1) is 29.5 Å². The zero-order chi connectivity index (χ0) is 48.5. The third-order valence-corrected chi connectivity index (χ3v) is 15.0. The predicted octanol–water partition coefficient (Wildman–Crippen LogP) is 3.59. The molecule has 0 radical (unpaired) electrons. The van der Waals surface area contributed by atoms with Crippen LogP contribution < -0.4 is 0 Å². The number of benzene rings is 1. The second-order valence-corrected chi connectivity index (χ2v) is 20.2. The first kappa shape index (κ1) is 52.4. The van der Waals surface area contributed by atoms with E-state index >= 15 is 0 Å². The number of carbonyl (C=O) groups excluding carboxylic acids is 2. The Balaban J connectivity index is 1.27. The van der Waals surface area contributed by atoms with Crippen molar-refractivity contribution < 1.29 is 67.6 Å². The molecule has 4 fully saturated rings. The Morgan fingerprint density at radius 3 is 2.33 bits per heavy atom. The van der Waals surface area contributed by atoms with Gasteiger partial charge in [0.2, 0.25) is 0 Å². The number of nitrogens with zero attached hydrogens (tertiary/aromatic N) is 4. The number of aromatic nitrogens is 3. The summed E-state index contributed by atoms with van der Waals surface area (Å²) in [5, 5.41) is 55.1. The number of hydrogen-bond donors (Lipinski definition) is 4. The van der Waals surface area contributed by atoms with Crippen LogP contribution >= 0.6 is 0 Å². The smallest absolute Gasteiger partial charge is 0.311 e. The molecule has 2 bridgehead atoms. The number of aryl methyl sites for hydroxylation is 1. The highest BCUT2D eigenvalue weighted by molar-refractivity contribution is 5.84. The van der Waals surface area contributed by atoms with Crippen molar-refractivity contribution in [2.45, 2.75) is 192 Å². The molecule has 66 heavy (non-hydrogen) atoms. The van der Waals surface area contributed by atoms with E-state index in [1.165, 1.54) is 26.2 Å². The van der Waals surface area contributed by atoms with Crippen molar-refractivity contribution in [3.8, 4) is 0 Å². The lowest BCUT2D eigenvalue weighted by Gasteiger charge is -2.49. The third kappa shape index (κ3) is 11.4. The van der Waals surface area contributed by atoms with E-state index in [4.69, 9.17) is 33.2 Å². The first-order chi connectivity index (χ1) is 31.0. The number of cyclic esters (lactones) is 1. The van der Waals surface area contributed by atoms with E-state index in [1.807, 2.05) is 34.0 Å². The Morgan fingerprint density at radius 1 is 0.970 bits per heavy atom. The zero-order valence-electron chi connectivity index (χ0n) is 40.5. The number of Topliss-reactive ketones (excluding diaryl/α,β-unsaturated/α-hetero) is 1. The quantitative estimate of drug-likeness (QED) is 0.211. The first-order valence-corrected chi connectivity index (χ1v) is 23.7. The normalized spacial score (nSPS) is 41.7. The fourth-order valence-corrected chi connectivity index (χ4v) is 10.7. The van der Waals surface area contributed by atoms with Crippen molar-refractivity contribution in [2.75, 3.05) is 27.3 Å². The van der Waals surface area contributed by atoms with Gasteiger partial charge in [-0.15, -0.1) is 5.10 Å². The van der Waals surface area contributed by atoms with Crippen LogP contribution in [-0.4, -0.2) is 164 Å². The maximum atomic E-state index is 14.4. The van der Waals surface area contributed by atoms with Gasteiger partial charge >= 0.3 is 5.97 Å². The largest absolute Gasteiger partial charge is 0.459 e. The van der Waals surface area contributed by atoms with Crippen molar-refractivity contribution in [2.24, 2.45) is 23.7 Å². The second kappa shape index (κ2) is 21.3. The van der Waals surface area contributed by atoms with Gasteiger partial charge in [-0.25, -0.2) is 9.07 Å². The van der Waals surface area contributed by atoms with Crippen molar-refractivity contribution in [1.29, 1.82) is 0 Å². The van der Waals surface area contributed by atoms with Gasteiger partial charge in [0, 0.05) is 43.5 Å². The number of hydrogen-bond acceptors (Lipinski definition) is 16. The molecule has 4 aliphatic heterocycles. The lowest BCUT2D eigenvalue weighted by molar-refractivity contribution is -0.317. The molecule has 5 heterocycles. The number of methoxy groups -OCH3 is 1. The third-order valence-electron chi connectivity index (χ3n) is 15.0.